The van der Waals surface area contributed by atoms with Crippen molar-refractivity contribution in [2.45, 2.75) is 30.9 Å². The van der Waals surface area contributed by atoms with Crippen molar-refractivity contribution < 1.29 is 13.2 Å². The number of benzene rings is 2. The Labute approximate surface area is 154 Å². The molecule has 1 saturated carbocycles. The zero-order valence-corrected chi connectivity index (χ0v) is 15.7. The summed E-state index contributed by atoms with van der Waals surface area (Å²) in [7, 11) is -3.32. The van der Waals surface area contributed by atoms with Gasteiger partial charge in [-0.1, -0.05) is 49.4 Å². The van der Waals surface area contributed by atoms with Crippen LogP contribution >= 0.6 is 0 Å². The quantitative estimate of drug-likeness (QED) is 0.877. The Bertz CT molecular complexity index is 936. The molecule has 6 heteroatoms. The first-order valence-electron chi connectivity index (χ1n) is 9.26. The minimum atomic E-state index is -3.32. The van der Waals surface area contributed by atoms with Gasteiger partial charge in [0.2, 0.25) is 15.9 Å². The van der Waals surface area contributed by atoms with Gasteiger partial charge in [0.15, 0.2) is 0 Å². The van der Waals surface area contributed by atoms with Gasteiger partial charge in [-0.05, 0) is 35.1 Å². The van der Waals surface area contributed by atoms with Crippen LogP contribution in [-0.4, -0.2) is 44.1 Å². The first kappa shape index (κ1) is 17.5. The molecule has 0 bridgehead atoms. The van der Waals surface area contributed by atoms with E-state index in [0.717, 1.165) is 6.42 Å². The molecule has 26 heavy (non-hydrogen) atoms. The summed E-state index contributed by atoms with van der Waals surface area (Å²) >= 11 is 0. The largest absolute Gasteiger partial charge is 0.341 e. The average Bonchev–Trinajstić information content (AvgIpc) is 3.26. The molecule has 1 aliphatic carbocycles. The van der Waals surface area contributed by atoms with Crippen molar-refractivity contribution in [3.8, 4) is 0 Å². The lowest BCUT2D eigenvalue weighted by atomic mass is 10.00. The summed E-state index contributed by atoms with van der Waals surface area (Å²) in [6.45, 7) is 3.01. The maximum Gasteiger partial charge on any atom is 0.226 e. The van der Waals surface area contributed by atoms with Crippen molar-refractivity contribution in [2.24, 2.45) is 5.92 Å². The van der Waals surface area contributed by atoms with E-state index >= 15 is 0 Å². The highest BCUT2D eigenvalue weighted by Crippen LogP contribution is 2.50. The van der Waals surface area contributed by atoms with Gasteiger partial charge in [-0.25, -0.2) is 13.1 Å². The van der Waals surface area contributed by atoms with Crippen LogP contribution in [0.3, 0.4) is 0 Å². The molecule has 1 saturated heterocycles. The smallest absolute Gasteiger partial charge is 0.226 e. The SMILES string of the molecule is CCNS(=O)(=O)C1CCN(C(=O)C2CC2c2cccc3ccccc23)C1. The minimum Gasteiger partial charge on any atom is -0.341 e. The maximum absolute atomic E-state index is 12.9. The Morgan fingerprint density at radius 2 is 1.96 bits per heavy atom. The van der Waals surface area contributed by atoms with Gasteiger partial charge >= 0.3 is 0 Å². The molecule has 2 aromatic rings. The number of hydrogen-bond acceptors (Lipinski definition) is 3. The predicted octanol–water partition coefficient (Wildman–Crippen LogP) is 2.48. The van der Waals surface area contributed by atoms with E-state index in [4.69, 9.17) is 0 Å². The van der Waals surface area contributed by atoms with Crippen LogP contribution in [0.2, 0.25) is 0 Å². The molecule has 138 valence electrons. The second-order valence-corrected chi connectivity index (χ2v) is 9.30. The van der Waals surface area contributed by atoms with Gasteiger partial charge in [-0.15, -0.1) is 0 Å². The van der Waals surface area contributed by atoms with Crippen molar-refractivity contribution in [3.63, 3.8) is 0 Å². The second-order valence-electron chi connectivity index (χ2n) is 7.25. The first-order chi connectivity index (χ1) is 12.5. The number of amides is 1. The summed E-state index contributed by atoms with van der Waals surface area (Å²) in [4.78, 5) is 14.6. The number of likely N-dealkylation sites (tertiary alicyclic amines) is 1. The van der Waals surface area contributed by atoms with Gasteiger partial charge < -0.3 is 4.90 Å². The van der Waals surface area contributed by atoms with E-state index in [1.54, 1.807) is 11.8 Å². The number of sulfonamides is 1. The van der Waals surface area contributed by atoms with Crippen LogP contribution < -0.4 is 4.72 Å². The third-order valence-electron chi connectivity index (χ3n) is 5.57. The lowest BCUT2D eigenvalue weighted by Crippen LogP contribution is -2.38. The Morgan fingerprint density at radius 1 is 1.19 bits per heavy atom. The molecule has 2 aromatic carbocycles. The van der Waals surface area contributed by atoms with E-state index in [-0.39, 0.29) is 17.7 Å². The van der Waals surface area contributed by atoms with E-state index in [9.17, 15) is 13.2 Å². The molecule has 3 unspecified atom stereocenters. The molecular formula is C20H24N2O3S. The van der Waals surface area contributed by atoms with E-state index in [1.165, 1.54) is 16.3 Å². The molecule has 4 rings (SSSR count). The fraction of sp³-hybridized carbons (Fsp3) is 0.450. The lowest BCUT2D eigenvalue weighted by Gasteiger charge is -2.17. The highest BCUT2D eigenvalue weighted by molar-refractivity contribution is 7.90. The summed E-state index contributed by atoms with van der Waals surface area (Å²) in [6.07, 6.45) is 1.38. The molecule has 1 N–H and O–H groups in total. The second kappa shape index (κ2) is 6.67. The van der Waals surface area contributed by atoms with Crippen molar-refractivity contribution in [1.29, 1.82) is 0 Å². The highest BCUT2D eigenvalue weighted by Gasteiger charge is 2.48. The maximum atomic E-state index is 12.9. The summed E-state index contributed by atoms with van der Waals surface area (Å²) in [5.41, 5.74) is 1.23. The molecular weight excluding hydrogens is 348 g/mol. The van der Waals surface area contributed by atoms with Crippen molar-refractivity contribution in [2.75, 3.05) is 19.6 Å². The van der Waals surface area contributed by atoms with Crippen molar-refractivity contribution in [1.82, 2.24) is 9.62 Å². The molecule has 0 radical (unpaired) electrons. The predicted molar refractivity (Wildman–Crippen MR) is 102 cm³/mol. The van der Waals surface area contributed by atoms with Crippen LogP contribution in [0.1, 0.15) is 31.2 Å². The topological polar surface area (TPSA) is 66.5 Å². The Morgan fingerprint density at radius 3 is 2.77 bits per heavy atom. The highest BCUT2D eigenvalue weighted by atomic mass is 32.2. The molecule has 2 aliphatic rings. The zero-order valence-electron chi connectivity index (χ0n) is 14.9. The third kappa shape index (κ3) is 3.12. The number of nitrogens with one attached hydrogen (secondary N) is 1. The summed E-state index contributed by atoms with van der Waals surface area (Å²) in [5.74, 6) is 0.344. The molecule has 0 spiro atoms. The van der Waals surface area contributed by atoms with E-state index in [0.29, 0.717) is 26.1 Å². The lowest BCUT2D eigenvalue weighted by molar-refractivity contribution is -0.131. The minimum absolute atomic E-state index is 0.0126. The standard InChI is InChI=1S/C20H24N2O3S/c1-2-21-26(24,25)15-10-11-22(13-15)20(23)19-12-18(19)17-9-5-7-14-6-3-4-8-16(14)17/h3-9,15,18-19,21H,2,10-13H2,1H3. The number of carbonyl (C=O) groups is 1. The zero-order chi connectivity index (χ0) is 18.3. The van der Waals surface area contributed by atoms with Gasteiger partial charge in [-0.3, -0.25) is 4.79 Å². The Balaban J connectivity index is 1.46. The van der Waals surface area contributed by atoms with Crippen LogP contribution in [0.5, 0.6) is 0 Å². The van der Waals surface area contributed by atoms with Gasteiger partial charge in [0, 0.05) is 25.6 Å². The van der Waals surface area contributed by atoms with Crippen LogP contribution in [0.15, 0.2) is 42.5 Å². The third-order valence-corrected chi connectivity index (χ3v) is 7.52. The van der Waals surface area contributed by atoms with Gasteiger partial charge in [-0.2, -0.15) is 0 Å². The Hall–Kier alpha value is -1.92. The van der Waals surface area contributed by atoms with Gasteiger partial charge in [0.25, 0.3) is 0 Å². The molecule has 2 fully saturated rings. The number of nitrogens with zero attached hydrogens (tertiary/aromatic N) is 1. The Kier molecular flexibility index (Phi) is 4.49. The van der Waals surface area contributed by atoms with Crippen LogP contribution in [-0.2, 0) is 14.8 Å². The van der Waals surface area contributed by atoms with Crippen LogP contribution in [0, 0.1) is 5.92 Å². The van der Waals surface area contributed by atoms with E-state index < -0.39 is 15.3 Å². The van der Waals surface area contributed by atoms with Crippen LogP contribution in [0.25, 0.3) is 10.8 Å². The first-order valence-corrected chi connectivity index (χ1v) is 10.8. The normalized spacial score (nSPS) is 25.6. The molecule has 3 atom stereocenters. The van der Waals surface area contributed by atoms with Gasteiger partial charge in [0.1, 0.15) is 0 Å². The van der Waals surface area contributed by atoms with Crippen molar-refractivity contribution in [3.05, 3.63) is 48.0 Å². The average molecular weight is 372 g/mol. The molecule has 1 aliphatic heterocycles. The summed E-state index contributed by atoms with van der Waals surface area (Å²) in [6, 6.07) is 14.5. The van der Waals surface area contributed by atoms with E-state index in [1.807, 2.05) is 18.2 Å². The monoisotopic (exact) mass is 372 g/mol. The fourth-order valence-electron chi connectivity index (χ4n) is 4.12. The summed E-state index contributed by atoms with van der Waals surface area (Å²) in [5, 5.41) is 1.92. The van der Waals surface area contributed by atoms with Crippen molar-refractivity contribution >= 4 is 26.7 Å². The fourth-order valence-corrected chi connectivity index (χ4v) is 5.55. The number of carbonyl (C=O) groups excluding carboxylic acids is 1. The van der Waals surface area contributed by atoms with Crippen LogP contribution in [0.4, 0.5) is 0 Å². The van der Waals surface area contributed by atoms with Gasteiger partial charge in [0.05, 0.1) is 5.25 Å². The number of rotatable bonds is 5. The number of hydrogen-bond donors (Lipinski definition) is 1. The molecule has 1 heterocycles. The molecule has 5 nitrogen and oxygen atoms in total. The number of fused-ring (bicyclic) bond motifs is 1. The molecule has 1 amide bonds. The van der Waals surface area contributed by atoms with E-state index in [2.05, 4.69) is 29.0 Å². The summed E-state index contributed by atoms with van der Waals surface area (Å²) < 4.78 is 26.9. The molecule has 0 aromatic heterocycles.